The van der Waals surface area contributed by atoms with E-state index in [2.05, 4.69) is 15.9 Å². The molecule has 0 saturated carbocycles. The lowest BCUT2D eigenvalue weighted by molar-refractivity contribution is -0.136. The summed E-state index contributed by atoms with van der Waals surface area (Å²) in [7, 11) is 0. The van der Waals surface area contributed by atoms with Crippen LogP contribution >= 0.6 is 15.9 Å². The Kier molecular flexibility index (Phi) is 4.24. The summed E-state index contributed by atoms with van der Waals surface area (Å²) in [5.74, 6) is -0.0779. The van der Waals surface area contributed by atoms with Gasteiger partial charge in [-0.25, -0.2) is 0 Å². The van der Waals surface area contributed by atoms with Crippen molar-refractivity contribution in [2.45, 2.75) is 19.9 Å². The van der Waals surface area contributed by atoms with Gasteiger partial charge in [0, 0.05) is 23.6 Å². The zero-order chi connectivity index (χ0) is 14.0. The van der Waals surface area contributed by atoms with Gasteiger partial charge in [0.1, 0.15) is 6.54 Å². The quantitative estimate of drug-likeness (QED) is 0.836. The van der Waals surface area contributed by atoms with Crippen molar-refractivity contribution in [3.63, 3.8) is 0 Å². The molecule has 19 heavy (non-hydrogen) atoms. The third-order valence-corrected chi connectivity index (χ3v) is 3.96. The van der Waals surface area contributed by atoms with Crippen LogP contribution in [0.4, 0.5) is 0 Å². The fourth-order valence-corrected chi connectivity index (χ4v) is 2.67. The maximum Gasteiger partial charge on any atom is 0.255 e. The standard InChI is InChI=1S/C14H17BrN2O2/c1-10(2)17-8-7-16(9-13(17)18)14(19)11-5-3-4-6-12(11)15/h3-6,10H,7-9H2,1-2H3. The minimum Gasteiger partial charge on any atom is -0.337 e. The molecular weight excluding hydrogens is 308 g/mol. The number of hydrogen-bond acceptors (Lipinski definition) is 2. The van der Waals surface area contributed by atoms with Gasteiger partial charge in [-0.2, -0.15) is 0 Å². The zero-order valence-electron chi connectivity index (χ0n) is 11.1. The first-order valence-corrected chi connectivity index (χ1v) is 7.13. The van der Waals surface area contributed by atoms with Crippen molar-refractivity contribution in [3.05, 3.63) is 34.3 Å². The Bertz CT molecular complexity index is 502. The number of nitrogens with zero attached hydrogens (tertiary/aromatic N) is 2. The molecule has 1 aromatic carbocycles. The molecule has 102 valence electrons. The van der Waals surface area contributed by atoms with Crippen LogP contribution in [-0.2, 0) is 4.79 Å². The first-order valence-electron chi connectivity index (χ1n) is 6.34. The highest BCUT2D eigenvalue weighted by atomic mass is 79.9. The van der Waals surface area contributed by atoms with E-state index in [0.717, 1.165) is 4.47 Å². The second kappa shape index (κ2) is 5.74. The van der Waals surface area contributed by atoms with Crippen molar-refractivity contribution in [1.29, 1.82) is 0 Å². The SMILES string of the molecule is CC(C)N1CCN(C(=O)c2ccccc2Br)CC1=O. The van der Waals surface area contributed by atoms with Crippen LogP contribution in [0.1, 0.15) is 24.2 Å². The van der Waals surface area contributed by atoms with Crippen LogP contribution in [0.25, 0.3) is 0 Å². The monoisotopic (exact) mass is 324 g/mol. The summed E-state index contributed by atoms with van der Waals surface area (Å²) in [4.78, 5) is 27.8. The predicted octanol–water partition coefficient (Wildman–Crippen LogP) is 2.14. The van der Waals surface area contributed by atoms with E-state index in [4.69, 9.17) is 0 Å². The second-order valence-corrected chi connectivity index (χ2v) is 5.74. The summed E-state index contributed by atoms with van der Waals surface area (Å²) >= 11 is 3.37. The van der Waals surface area contributed by atoms with Gasteiger partial charge in [0.25, 0.3) is 5.91 Å². The Hall–Kier alpha value is -1.36. The fourth-order valence-electron chi connectivity index (χ4n) is 2.21. The molecule has 0 radical (unpaired) electrons. The number of piperazine rings is 1. The molecule has 1 aliphatic heterocycles. The zero-order valence-corrected chi connectivity index (χ0v) is 12.7. The molecule has 0 unspecified atom stereocenters. The molecular formula is C14H17BrN2O2. The van der Waals surface area contributed by atoms with Gasteiger partial charge in [0.2, 0.25) is 5.91 Å². The highest BCUT2D eigenvalue weighted by Gasteiger charge is 2.29. The predicted molar refractivity (Wildman–Crippen MR) is 76.9 cm³/mol. The van der Waals surface area contributed by atoms with Gasteiger partial charge in [-0.15, -0.1) is 0 Å². The average Bonchev–Trinajstić information content (AvgIpc) is 2.38. The van der Waals surface area contributed by atoms with Crippen LogP contribution in [0.2, 0.25) is 0 Å². The molecule has 0 aromatic heterocycles. The van der Waals surface area contributed by atoms with Gasteiger partial charge < -0.3 is 9.80 Å². The van der Waals surface area contributed by atoms with Crippen LogP contribution in [0.5, 0.6) is 0 Å². The third-order valence-electron chi connectivity index (χ3n) is 3.27. The minimum atomic E-state index is -0.0933. The summed E-state index contributed by atoms with van der Waals surface area (Å²) in [6.45, 7) is 5.33. The molecule has 5 heteroatoms. The molecule has 1 saturated heterocycles. The van der Waals surface area contributed by atoms with Crippen molar-refractivity contribution >= 4 is 27.7 Å². The van der Waals surface area contributed by atoms with Crippen molar-refractivity contribution in [1.82, 2.24) is 9.80 Å². The lowest BCUT2D eigenvalue weighted by Gasteiger charge is -2.36. The number of rotatable bonds is 2. The van der Waals surface area contributed by atoms with Crippen LogP contribution in [0.15, 0.2) is 28.7 Å². The maximum atomic E-state index is 12.4. The van der Waals surface area contributed by atoms with Crippen molar-refractivity contribution < 1.29 is 9.59 Å². The number of hydrogen-bond donors (Lipinski definition) is 0. The van der Waals surface area contributed by atoms with E-state index in [1.165, 1.54) is 0 Å². The van der Waals surface area contributed by atoms with E-state index in [1.807, 2.05) is 36.9 Å². The van der Waals surface area contributed by atoms with Gasteiger partial charge in [-0.3, -0.25) is 9.59 Å². The van der Waals surface area contributed by atoms with E-state index < -0.39 is 0 Å². The largest absolute Gasteiger partial charge is 0.337 e. The number of carbonyl (C=O) groups is 2. The van der Waals surface area contributed by atoms with Gasteiger partial charge in [-0.05, 0) is 41.9 Å². The number of benzene rings is 1. The lowest BCUT2D eigenvalue weighted by atomic mass is 10.1. The Morgan fingerprint density at radius 2 is 1.95 bits per heavy atom. The van der Waals surface area contributed by atoms with E-state index in [0.29, 0.717) is 18.7 Å². The first-order chi connectivity index (χ1) is 9.00. The fraction of sp³-hybridized carbons (Fsp3) is 0.429. The molecule has 4 nitrogen and oxygen atoms in total. The first kappa shape index (κ1) is 14.1. The molecule has 1 heterocycles. The normalized spacial score (nSPS) is 16.1. The summed E-state index contributed by atoms with van der Waals surface area (Å²) in [6.07, 6.45) is 0. The van der Waals surface area contributed by atoms with Gasteiger partial charge in [0.05, 0.1) is 5.56 Å². The van der Waals surface area contributed by atoms with Crippen LogP contribution in [0.3, 0.4) is 0 Å². The highest BCUT2D eigenvalue weighted by molar-refractivity contribution is 9.10. The second-order valence-electron chi connectivity index (χ2n) is 4.89. The molecule has 0 spiro atoms. The van der Waals surface area contributed by atoms with E-state index in [-0.39, 0.29) is 24.4 Å². The molecule has 0 N–H and O–H groups in total. The highest BCUT2D eigenvalue weighted by Crippen LogP contribution is 2.19. The molecule has 2 rings (SSSR count). The minimum absolute atomic E-state index is 0.0154. The summed E-state index contributed by atoms with van der Waals surface area (Å²) < 4.78 is 0.763. The Morgan fingerprint density at radius 3 is 2.53 bits per heavy atom. The number of halogens is 1. The van der Waals surface area contributed by atoms with Gasteiger partial charge in [0.15, 0.2) is 0 Å². The van der Waals surface area contributed by atoms with Crippen molar-refractivity contribution in [3.8, 4) is 0 Å². The van der Waals surface area contributed by atoms with E-state index >= 15 is 0 Å². The molecule has 0 aliphatic carbocycles. The Morgan fingerprint density at radius 1 is 1.26 bits per heavy atom. The maximum absolute atomic E-state index is 12.4. The molecule has 2 amide bonds. The molecule has 1 fully saturated rings. The van der Waals surface area contributed by atoms with Crippen LogP contribution in [-0.4, -0.2) is 47.3 Å². The summed E-state index contributed by atoms with van der Waals surface area (Å²) in [5.41, 5.74) is 0.605. The number of carbonyl (C=O) groups excluding carboxylic acids is 2. The van der Waals surface area contributed by atoms with Crippen LogP contribution in [0, 0.1) is 0 Å². The van der Waals surface area contributed by atoms with E-state index in [1.54, 1.807) is 11.0 Å². The average molecular weight is 325 g/mol. The van der Waals surface area contributed by atoms with Crippen molar-refractivity contribution in [2.24, 2.45) is 0 Å². The summed E-state index contributed by atoms with van der Waals surface area (Å²) in [6, 6.07) is 7.48. The number of amides is 2. The van der Waals surface area contributed by atoms with E-state index in [9.17, 15) is 9.59 Å². The lowest BCUT2D eigenvalue weighted by Crippen LogP contribution is -2.54. The van der Waals surface area contributed by atoms with Crippen molar-refractivity contribution in [2.75, 3.05) is 19.6 Å². The topological polar surface area (TPSA) is 40.6 Å². The molecule has 0 atom stereocenters. The van der Waals surface area contributed by atoms with Gasteiger partial charge in [-0.1, -0.05) is 12.1 Å². The third kappa shape index (κ3) is 2.97. The molecule has 1 aromatic rings. The smallest absolute Gasteiger partial charge is 0.255 e. The molecule has 1 aliphatic rings. The Labute approximate surface area is 121 Å². The summed E-state index contributed by atoms with van der Waals surface area (Å²) in [5, 5.41) is 0. The van der Waals surface area contributed by atoms with Crippen LogP contribution < -0.4 is 0 Å². The Balaban J connectivity index is 2.11. The van der Waals surface area contributed by atoms with Gasteiger partial charge >= 0.3 is 0 Å². The molecule has 0 bridgehead atoms.